The van der Waals surface area contributed by atoms with E-state index in [4.69, 9.17) is 4.74 Å². The van der Waals surface area contributed by atoms with Crippen molar-refractivity contribution in [3.05, 3.63) is 42.0 Å². The quantitative estimate of drug-likeness (QED) is 0.891. The van der Waals surface area contributed by atoms with Crippen molar-refractivity contribution in [2.24, 2.45) is 7.05 Å². The summed E-state index contributed by atoms with van der Waals surface area (Å²) in [6, 6.07) is 5.81. The van der Waals surface area contributed by atoms with Crippen LogP contribution in [-0.2, 0) is 13.6 Å². The monoisotopic (exact) mass is 302 g/mol. The maximum Gasteiger partial charge on any atom is 0.160 e. The molecular formula is C16H22N4O2. The van der Waals surface area contributed by atoms with E-state index in [0.29, 0.717) is 5.75 Å². The van der Waals surface area contributed by atoms with Gasteiger partial charge in [0.15, 0.2) is 11.5 Å². The summed E-state index contributed by atoms with van der Waals surface area (Å²) in [5.41, 5.74) is 1.07. The van der Waals surface area contributed by atoms with E-state index in [1.807, 2.05) is 31.6 Å². The molecule has 0 saturated carbocycles. The molecule has 1 saturated heterocycles. The van der Waals surface area contributed by atoms with E-state index in [2.05, 4.69) is 19.8 Å². The number of piperazine rings is 1. The number of methoxy groups -OCH3 is 1. The van der Waals surface area contributed by atoms with E-state index in [1.54, 1.807) is 13.2 Å². The lowest BCUT2D eigenvalue weighted by Crippen LogP contribution is -2.46. The number of aromatic nitrogens is 2. The van der Waals surface area contributed by atoms with E-state index >= 15 is 0 Å². The van der Waals surface area contributed by atoms with Crippen molar-refractivity contribution in [2.45, 2.75) is 12.6 Å². The molecule has 3 rings (SSSR count). The first-order valence-corrected chi connectivity index (χ1v) is 7.47. The van der Waals surface area contributed by atoms with E-state index in [-0.39, 0.29) is 11.8 Å². The van der Waals surface area contributed by atoms with Gasteiger partial charge in [-0.15, -0.1) is 0 Å². The Morgan fingerprint density at radius 2 is 2.32 bits per heavy atom. The average molecular weight is 302 g/mol. The number of aromatic hydroxyl groups is 1. The molecule has 1 unspecified atom stereocenters. The van der Waals surface area contributed by atoms with Crippen LogP contribution in [0.1, 0.15) is 17.4 Å². The van der Waals surface area contributed by atoms with Gasteiger partial charge >= 0.3 is 0 Å². The van der Waals surface area contributed by atoms with Crippen molar-refractivity contribution in [2.75, 3.05) is 26.7 Å². The normalized spacial score (nSPS) is 19.3. The zero-order valence-electron chi connectivity index (χ0n) is 13.0. The lowest BCUT2D eigenvalue weighted by atomic mass is 10.1. The van der Waals surface area contributed by atoms with Crippen molar-refractivity contribution in [1.82, 2.24) is 19.8 Å². The van der Waals surface area contributed by atoms with Gasteiger partial charge in [0.25, 0.3) is 0 Å². The van der Waals surface area contributed by atoms with Gasteiger partial charge in [0.2, 0.25) is 0 Å². The molecule has 1 atom stereocenters. The molecule has 6 heteroatoms. The minimum Gasteiger partial charge on any atom is -0.504 e. The number of nitrogens with one attached hydrogen (secondary N) is 1. The summed E-state index contributed by atoms with van der Waals surface area (Å²) < 4.78 is 7.16. The Bertz CT molecular complexity index is 641. The molecule has 1 aromatic carbocycles. The third-order valence-corrected chi connectivity index (χ3v) is 4.14. The number of imidazole rings is 1. The number of hydrogen-bond donors (Lipinski definition) is 2. The summed E-state index contributed by atoms with van der Waals surface area (Å²) in [5.74, 6) is 1.75. The van der Waals surface area contributed by atoms with Crippen molar-refractivity contribution >= 4 is 0 Å². The van der Waals surface area contributed by atoms with Crippen LogP contribution in [0.5, 0.6) is 11.5 Å². The number of phenolic OH excluding ortho intramolecular Hbond substituents is 1. The molecule has 1 aliphatic heterocycles. The molecule has 0 aliphatic carbocycles. The number of aryl methyl sites for hydroxylation is 1. The summed E-state index contributed by atoms with van der Waals surface area (Å²) in [4.78, 5) is 6.88. The SMILES string of the molecule is COc1ccc(CN2CCNCC2c2nccn2C)cc1O. The van der Waals surface area contributed by atoms with Crippen LogP contribution in [-0.4, -0.2) is 46.3 Å². The van der Waals surface area contributed by atoms with Crippen LogP contribution < -0.4 is 10.1 Å². The maximum atomic E-state index is 9.94. The smallest absolute Gasteiger partial charge is 0.160 e. The highest BCUT2D eigenvalue weighted by Gasteiger charge is 2.26. The number of hydrogen-bond acceptors (Lipinski definition) is 5. The van der Waals surface area contributed by atoms with Gasteiger partial charge < -0.3 is 19.7 Å². The lowest BCUT2D eigenvalue weighted by molar-refractivity contribution is 0.144. The summed E-state index contributed by atoms with van der Waals surface area (Å²) in [5, 5.41) is 13.4. The minimum absolute atomic E-state index is 0.184. The second-order valence-corrected chi connectivity index (χ2v) is 5.59. The highest BCUT2D eigenvalue weighted by Crippen LogP contribution is 2.28. The molecule has 2 N–H and O–H groups in total. The Morgan fingerprint density at radius 3 is 3.00 bits per heavy atom. The Morgan fingerprint density at radius 1 is 1.45 bits per heavy atom. The number of ether oxygens (including phenoxy) is 1. The number of benzene rings is 1. The van der Waals surface area contributed by atoms with Crippen LogP contribution in [0.2, 0.25) is 0 Å². The maximum absolute atomic E-state index is 9.94. The number of phenols is 1. The van der Waals surface area contributed by atoms with Gasteiger partial charge in [0.1, 0.15) is 5.82 Å². The molecule has 2 heterocycles. The molecule has 0 spiro atoms. The Hall–Kier alpha value is -2.05. The molecular weight excluding hydrogens is 280 g/mol. The molecule has 0 bridgehead atoms. The van der Waals surface area contributed by atoms with Crippen LogP contribution in [0.3, 0.4) is 0 Å². The molecule has 1 fully saturated rings. The molecule has 1 aliphatic rings. The average Bonchev–Trinajstić information content (AvgIpc) is 2.94. The van der Waals surface area contributed by atoms with Crippen molar-refractivity contribution < 1.29 is 9.84 Å². The predicted molar refractivity (Wildman–Crippen MR) is 83.9 cm³/mol. The fourth-order valence-corrected chi connectivity index (χ4v) is 2.96. The molecule has 0 amide bonds. The van der Waals surface area contributed by atoms with Crippen molar-refractivity contribution in [3.8, 4) is 11.5 Å². The molecule has 0 radical (unpaired) electrons. The van der Waals surface area contributed by atoms with Gasteiger partial charge in [0, 0.05) is 45.6 Å². The van der Waals surface area contributed by atoms with Crippen LogP contribution >= 0.6 is 0 Å². The van der Waals surface area contributed by atoms with E-state index in [0.717, 1.165) is 37.6 Å². The Balaban J connectivity index is 1.80. The third-order valence-electron chi connectivity index (χ3n) is 4.14. The van der Waals surface area contributed by atoms with Gasteiger partial charge in [-0.1, -0.05) is 6.07 Å². The standard InChI is InChI=1S/C16H22N4O2/c1-19-7-6-18-16(19)13-10-17-5-8-20(13)11-12-3-4-15(22-2)14(21)9-12/h3-4,6-7,9,13,17,21H,5,8,10-11H2,1-2H3. The van der Waals surface area contributed by atoms with Gasteiger partial charge in [-0.05, 0) is 17.7 Å². The Kier molecular flexibility index (Phi) is 4.31. The fourth-order valence-electron chi connectivity index (χ4n) is 2.96. The minimum atomic E-state index is 0.184. The van der Waals surface area contributed by atoms with Gasteiger partial charge in [0.05, 0.1) is 13.2 Å². The molecule has 6 nitrogen and oxygen atoms in total. The first-order valence-electron chi connectivity index (χ1n) is 7.47. The summed E-state index contributed by atoms with van der Waals surface area (Å²) in [6.07, 6.45) is 3.81. The van der Waals surface area contributed by atoms with Crippen LogP contribution in [0.4, 0.5) is 0 Å². The van der Waals surface area contributed by atoms with Gasteiger partial charge in [-0.2, -0.15) is 0 Å². The largest absolute Gasteiger partial charge is 0.504 e. The first kappa shape index (κ1) is 14.9. The van der Waals surface area contributed by atoms with E-state index < -0.39 is 0 Å². The van der Waals surface area contributed by atoms with E-state index in [1.165, 1.54) is 0 Å². The molecule has 22 heavy (non-hydrogen) atoms. The van der Waals surface area contributed by atoms with Crippen LogP contribution in [0, 0.1) is 0 Å². The summed E-state index contributed by atoms with van der Waals surface area (Å²) in [6.45, 7) is 3.57. The Labute approximate surface area is 130 Å². The van der Waals surface area contributed by atoms with Gasteiger partial charge in [-0.25, -0.2) is 4.98 Å². The fraction of sp³-hybridized carbons (Fsp3) is 0.438. The van der Waals surface area contributed by atoms with Crippen LogP contribution in [0.15, 0.2) is 30.6 Å². The van der Waals surface area contributed by atoms with Crippen LogP contribution in [0.25, 0.3) is 0 Å². The second kappa shape index (κ2) is 6.37. The third kappa shape index (κ3) is 2.93. The van der Waals surface area contributed by atoms with Gasteiger partial charge in [-0.3, -0.25) is 4.90 Å². The molecule has 118 valence electrons. The summed E-state index contributed by atoms with van der Waals surface area (Å²) in [7, 11) is 3.58. The highest BCUT2D eigenvalue weighted by molar-refractivity contribution is 5.41. The van der Waals surface area contributed by atoms with Crippen molar-refractivity contribution in [3.63, 3.8) is 0 Å². The molecule has 2 aromatic rings. The zero-order valence-corrected chi connectivity index (χ0v) is 13.0. The molecule has 1 aromatic heterocycles. The lowest BCUT2D eigenvalue weighted by Gasteiger charge is -2.35. The predicted octanol–water partition coefficient (Wildman–Crippen LogP) is 1.28. The van der Waals surface area contributed by atoms with E-state index in [9.17, 15) is 5.11 Å². The summed E-state index contributed by atoms with van der Waals surface area (Å²) >= 11 is 0. The number of nitrogens with zero attached hydrogens (tertiary/aromatic N) is 3. The van der Waals surface area contributed by atoms with Crippen molar-refractivity contribution in [1.29, 1.82) is 0 Å². The number of rotatable bonds is 4. The zero-order chi connectivity index (χ0) is 15.5. The first-order chi connectivity index (χ1) is 10.7. The topological polar surface area (TPSA) is 62.5 Å². The second-order valence-electron chi connectivity index (χ2n) is 5.59. The highest BCUT2D eigenvalue weighted by atomic mass is 16.5.